The molecule has 0 aliphatic carbocycles. The molecule has 1 aromatic heterocycles. The van der Waals surface area contributed by atoms with E-state index in [1.807, 2.05) is 6.92 Å². The summed E-state index contributed by atoms with van der Waals surface area (Å²) in [6.07, 6.45) is 1.69. The number of anilines is 1. The molecule has 1 heterocycles. The van der Waals surface area contributed by atoms with Gasteiger partial charge < -0.3 is 10.1 Å². The number of halogens is 2. The molecule has 0 aliphatic rings. The third-order valence-corrected chi connectivity index (χ3v) is 5.94. The van der Waals surface area contributed by atoms with Crippen LogP contribution in [0.3, 0.4) is 0 Å². The minimum Gasteiger partial charge on any atom is -0.483 e. The standard InChI is InChI=1S/C25H19BrClN5O5/c1-2-23-30-21-9-3-16(26)12-20(21)25(34)31(23)28-13-15-11-19(32(35)36)8-10-22(15)37-14-24(33)29-18-6-4-17(27)5-7-18/h3-13H,2,14H2,1H3,(H,29,33). The van der Waals surface area contributed by atoms with E-state index in [9.17, 15) is 19.7 Å². The van der Waals surface area contributed by atoms with Crippen LogP contribution >= 0.6 is 27.5 Å². The number of rotatable bonds is 8. The zero-order valence-corrected chi connectivity index (χ0v) is 21.7. The second kappa shape index (κ2) is 11.3. The molecule has 0 fully saturated rings. The first-order valence-corrected chi connectivity index (χ1v) is 12.1. The summed E-state index contributed by atoms with van der Waals surface area (Å²) < 4.78 is 7.49. The number of carbonyl (C=O) groups excluding carboxylic acids is 1. The average molecular weight is 585 g/mol. The number of non-ortho nitro benzene ring substituents is 1. The summed E-state index contributed by atoms with van der Waals surface area (Å²) in [5.41, 5.74) is 0.669. The molecule has 4 rings (SSSR count). The third kappa shape index (κ3) is 6.19. The zero-order chi connectivity index (χ0) is 26.5. The number of aryl methyl sites for hydroxylation is 1. The highest BCUT2D eigenvalue weighted by molar-refractivity contribution is 9.10. The number of fused-ring (bicyclic) bond motifs is 1. The molecule has 0 spiro atoms. The Morgan fingerprint density at radius 3 is 2.68 bits per heavy atom. The molecule has 12 heteroatoms. The molecule has 0 saturated heterocycles. The normalized spacial score (nSPS) is 11.1. The highest BCUT2D eigenvalue weighted by atomic mass is 79.9. The van der Waals surface area contributed by atoms with Gasteiger partial charge in [0, 0.05) is 39.3 Å². The molecule has 1 amide bonds. The molecular formula is C25H19BrClN5O5. The summed E-state index contributed by atoms with van der Waals surface area (Å²) in [6, 6.07) is 15.6. The van der Waals surface area contributed by atoms with Crippen molar-refractivity contribution >= 4 is 61.9 Å². The van der Waals surface area contributed by atoms with Gasteiger partial charge in [0.2, 0.25) is 0 Å². The molecule has 0 radical (unpaired) electrons. The minimum atomic E-state index is -0.562. The predicted molar refractivity (Wildman–Crippen MR) is 145 cm³/mol. The fourth-order valence-corrected chi connectivity index (χ4v) is 3.91. The van der Waals surface area contributed by atoms with Crippen LogP contribution in [0.4, 0.5) is 11.4 Å². The number of hydrogen-bond donors (Lipinski definition) is 1. The maximum Gasteiger partial charge on any atom is 0.282 e. The minimum absolute atomic E-state index is 0.170. The fraction of sp³-hybridized carbons (Fsp3) is 0.120. The van der Waals surface area contributed by atoms with E-state index in [1.54, 1.807) is 42.5 Å². The molecule has 0 saturated carbocycles. The van der Waals surface area contributed by atoms with E-state index in [0.717, 1.165) is 4.68 Å². The van der Waals surface area contributed by atoms with Crippen molar-refractivity contribution in [1.82, 2.24) is 9.66 Å². The third-order valence-electron chi connectivity index (χ3n) is 5.19. The quantitative estimate of drug-likeness (QED) is 0.173. The summed E-state index contributed by atoms with van der Waals surface area (Å²) in [6.45, 7) is 1.46. The predicted octanol–water partition coefficient (Wildman–Crippen LogP) is 5.18. The lowest BCUT2D eigenvalue weighted by Gasteiger charge is -2.11. The summed E-state index contributed by atoms with van der Waals surface area (Å²) in [5.74, 6) is 0.131. The van der Waals surface area contributed by atoms with Crippen LogP contribution in [-0.4, -0.2) is 33.3 Å². The van der Waals surface area contributed by atoms with Crippen LogP contribution in [0.2, 0.25) is 5.02 Å². The van der Waals surface area contributed by atoms with Crippen LogP contribution < -0.4 is 15.6 Å². The van der Waals surface area contributed by atoms with E-state index in [4.69, 9.17) is 16.3 Å². The highest BCUT2D eigenvalue weighted by Gasteiger charge is 2.14. The number of nitrogens with one attached hydrogen (secondary N) is 1. The number of ether oxygens (including phenoxy) is 1. The lowest BCUT2D eigenvalue weighted by atomic mass is 10.2. The van der Waals surface area contributed by atoms with Gasteiger partial charge in [-0.1, -0.05) is 34.5 Å². The van der Waals surface area contributed by atoms with Gasteiger partial charge in [-0.3, -0.25) is 19.7 Å². The topological polar surface area (TPSA) is 129 Å². The van der Waals surface area contributed by atoms with Crippen molar-refractivity contribution in [3.63, 3.8) is 0 Å². The van der Waals surface area contributed by atoms with Gasteiger partial charge in [0.05, 0.1) is 22.0 Å². The van der Waals surface area contributed by atoms with Crippen molar-refractivity contribution in [2.75, 3.05) is 11.9 Å². The maximum absolute atomic E-state index is 13.1. The van der Waals surface area contributed by atoms with Crippen LogP contribution in [-0.2, 0) is 11.2 Å². The second-order valence-corrected chi connectivity index (χ2v) is 9.08. The summed E-state index contributed by atoms with van der Waals surface area (Å²) in [4.78, 5) is 40.8. The Morgan fingerprint density at radius 2 is 1.97 bits per heavy atom. The first-order chi connectivity index (χ1) is 17.7. The highest BCUT2D eigenvalue weighted by Crippen LogP contribution is 2.23. The first kappa shape index (κ1) is 26.0. The molecule has 188 valence electrons. The zero-order valence-electron chi connectivity index (χ0n) is 19.4. The number of hydrogen-bond acceptors (Lipinski definition) is 7. The second-order valence-electron chi connectivity index (χ2n) is 7.73. The molecule has 10 nitrogen and oxygen atoms in total. The summed E-state index contributed by atoms with van der Waals surface area (Å²) in [7, 11) is 0. The van der Waals surface area contributed by atoms with Gasteiger partial charge in [-0.25, -0.2) is 4.98 Å². The number of nitro benzene ring substituents is 1. The van der Waals surface area contributed by atoms with Crippen LogP contribution in [0.25, 0.3) is 10.9 Å². The largest absolute Gasteiger partial charge is 0.483 e. The van der Waals surface area contributed by atoms with Crippen LogP contribution in [0.5, 0.6) is 5.75 Å². The average Bonchev–Trinajstić information content (AvgIpc) is 2.88. The molecule has 0 atom stereocenters. The van der Waals surface area contributed by atoms with Gasteiger partial charge in [0.25, 0.3) is 17.2 Å². The Hall–Kier alpha value is -4.09. The summed E-state index contributed by atoms with van der Waals surface area (Å²) >= 11 is 9.21. The lowest BCUT2D eigenvalue weighted by Crippen LogP contribution is -2.22. The van der Waals surface area contributed by atoms with Crippen LogP contribution in [0, 0.1) is 10.1 Å². The van der Waals surface area contributed by atoms with Gasteiger partial charge in [0.1, 0.15) is 11.6 Å². The fourth-order valence-electron chi connectivity index (χ4n) is 3.42. The summed E-state index contributed by atoms with van der Waals surface area (Å²) in [5, 5.41) is 19.2. The van der Waals surface area contributed by atoms with Crippen molar-refractivity contribution in [2.24, 2.45) is 5.10 Å². The number of benzene rings is 3. The Balaban J connectivity index is 1.64. The Morgan fingerprint density at radius 1 is 1.22 bits per heavy atom. The van der Waals surface area contributed by atoms with E-state index >= 15 is 0 Å². The SMILES string of the molecule is CCc1nc2ccc(Br)cc2c(=O)n1N=Cc1cc([N+](=O)[O-])ccc1OCC(=O)Nc1ccc(Cl)cc1. The van der Waals surface area contributed by atoms with Crippen molar-refractivity contribution in [3.8, 4) is 5.75 Å². The van der Waals surface area contributed by atoms with Gasteiger partial charge in [-0.15, -0.1) is 0 Å². The van der Waals surface area contributed by atoms with Gasteiger partial charge in [-0.05, 0) is 48.5 Å². The molecular weight excluding hydrogens is 566 g/mol. The molecule has 1 N–H and O–H groups in total. The maximum atomic E-state index is 13.1. The Kier molecular flexibility index (Phi) is 7.95. The van der Waals surface area contributed by atoms with E-state index in [2.05, 4.69) is 31.3 Å². The van der Waals surface area contributed by atoms with E-state index < -0.39 is 16.4 Å². The number of amides is 1. The molecule has 3 aromatic carbocycles. The van der Waals surface area contributed by atoms with E-state index in [0.29, 0.717) is 38.3 Å². The first-order valence-electron chi connectivity index (χ1n) is 11.0. The lowest BCUT2D eigenvalue weighted by molar-refractivity contribution is -0.384. The van der Waals surface area contributed by atoms with Crippen molar-refractivity contribution in [2.45, 2.75) is 13.3 Å². The number of nitro groups is 1. The van der Waals surface area contributed by atoms with Gasteiger partial charge in [-0.2, -0.15) is 9.78 Å². The Bertz CT molecular complexity index is 1590. The van der Waals surface area contributed by atoms with Crippen LogP contribution in [0.1, 0.15) is 18.3 Å². The molecule has 4 aromatic rings. The number of nitrogens with zero attached hydrogens (tertiary/aromatic N) is 4. The number of aromatic nitrogens is 2. The number of carbonyl (C=O) groups is 1. The molecule has 37 heavy (non-hydrogen) atoms. The van der Waals surface area contributed by atoms with Crippen molar-refractivity contribution < 1.29 is 14.5 Å². The van der Waals surface area contributed by atoms with Gasteiger partial charge >= 0.3 is 0 Å². The molecule has 0 unspecified atom stereocenters. The van der Waals surface area contributed by atoms with E-state index in [-0.39, 0.29) is 23.6 Å². The van der Waals surface area contributed by atoms with Crippen molar-refractivity contribution in [3.05, 3.63) is 102 Å². The Labute approximate surface area is 223 Å². The smallest absolute Gasteiger partial charge is 0.282 e. The molecule has 0 aliphatic heterocycles. The van der Waals surface area contributed by atoms with E-state index in [1.165, 1.54) is 24.4 Å². The van der Waals surface area contributed by atoms with Gasteiger partial charge in [0.15, 0.2) is 6.61 Å². The monoisotopic (exact) mass is 583 g/mol. The molecule has 0 bridgehead atoms. The van der Waals surface area contributed by atoms with Crippen molar-refractivity contribution in [1.29, 1.82) is 0 Å². The van der Waals surface area contributed by atoms with Crippen LogP contribution in [0.15, 0.2) is 75.0 Å².